The summed E-state index contributed by atoms with van der Waals surface area (Å²) in [4.78, 5) is 14.8. The zero-order chi connectivity index (χ0) is 13.2. The molecule has 1 amide bonds. The van der Waals surface area contributed by atoms with E-state index in [2.05, 4.69) is 13.8 Å². The van der Waals surface area contributed by atoms with Crippen LogP contribution in [0.3, 0.4) is 0 Å². The smallest absolute Gasteiger partial charge is 0.228 e. The van der Waals surface area contributed by atoms with Crippen LogP contribution in [0.4, 0.5) is 0 Å². The number of carbonyl (C=O) groups is 1. The molecule has 1 aliphatic heterocycles. The predicted octanol–water partition coefficient (Wildman–Crippen LogP) is 2.81. The molecule has 2 rings (SSSR count). The van der Waals surface area contributed by atoms with Crippen LogP contribution in [0.25, 0.3) is 0 Å². The van der Waals surface area contributed by atoms with Crippen LogP contribution >= 0.6 is 11.6 Å². The summed E-state index contributed by atoms with van der Waals surface area (Å²) < 4.78 is 5.61. The van der Waals surface area contributed by atoms with E-state index < -0.39 is 0 Å². The van der Waals surface area contributed by atoms with Crippen LogP contribution in [-0.4, -0.2) is 42.0 Å². The molecule has 0 spiro atoms. The maximum atomic E-state index is 12.8. The van der Waals surface area contributed by atoms with Gasteiger partial charge < -0.3 is 9.64 Å². The second-order valence-electron chi connectivity index (χ2n) is 6.04. The number of alkyl halides is 1. The fraction of sp³-hybridized carbons (Fsp3) is 0.929. The van der Waals surface area contributed by atoms with Crippen molar-refractivity contribution in [3.05, 3.63) is 0 Å². The molecular weight excluding hydrogens is 250 g/mol. The minimum Gasteiger partial charge on any atom is -0.373 e. The molecule has 1 saturated carbocycles. The highest BCUT2D eigenvalue weighted by Gasteiger charge is 2.41. The fourth-order valence-corrected chi connectivity index (χ4v) is 3.27. The van der Waals surface area contributed by atoms with Gasteiger partial charge in [-0.05, 0) is 19.8 Å². The van der Waals surface area contributed by atoms with Gasteiger partial charge in [-0.2, -0.15) is 0 Å². The minimum absolute atomic E-state index is 0.000919. The Morgan fingerprint density at radius 2 is 2.06 bits per heavy atom. The Bertz CT molecular complexity index is 302. The fourth-order valence-electron chi connectivity index (χ4n) is 3.09. The molecule has 0 aromatic rings. The summed E-state index contributed by atoms with van der Waals surface area (Å²) in [6.07, 6.45) is 5.69. The number of carbonyl (C=O) groups excluding carboxylic acids is 1. The Kier molecular flexibility index (Phi) is 4.54. The third-order valence-electron chi connectivity index (χ3n) is 4.41. The molecule has 0 aromatic carbocycles. The van der Waals surface area contributed by atoms with Crippen LogP contribution in [0.5, 0.6) is 0 Å². The standard InChI is InChI=1S/C14H24ClNO2/c1-11-10-18-12(8-15)9-16(11)13(17)14(2)6-4-3-5-7-14/h11-12H,3-10H2,1-2H3. The lowest BCUT2D eigenvalue weighted by molar-refractivity contribution is -0.154. The van der Waals surface area contributed by atoms with Crippen LogP contribution in [0.2, 0.25) is 0 Å². The SMILES string of the molecule is CC1COC(CCl)CN1C(=O)C1(C)CCCCC1. The normalized spacial score (nSPS) is 32.3. The Labute approximate surface area is 115 Å². The van der Waals surface area contributed by atoms with Gasteiger partial charge in [0.2, 0.25) is 5.91 Å². The van der Waals surface area contributed by atoms with Gasteiger partial charge >= 0.3 is 0 Å². The van der Waals surface area contributed by atoms with Gasteiger partial charge in [-0.15, -0.1) is 11.6 Å². The summed E-state index contributed by atoms with van der Waals surface area (Å²) in [7, 11) is 0. The van der Waals surface area contributed by atoms with Crippen molar-refractivity contribution in [3.8, 4) is 0 Å². The van der Waals surface area contributed by atoms with Crippen LogP contribution in [0.15, 0.2) is 0 Å². The topological polar surface area (TPSA) is 29.5 Å². The molecule has 104 valence electrons. The van der Waals surface area contributed by atoms with Gasteiger partial charge in [0.25, 0.3) is 0 Å². The highest BCUT2D eigenvalue weighted by atomic mass is 35.5. The third-order valence-corrected chi connectivity index (χ3v) is 4.76. The molecule has 0 N–H and O–H groups in total. The van der Waals surface area contributed by atoms with E-state index in [9.17, 15) is 4.79 Å². The number of nitrogens with zero attached hydrogens (tertiary/aromatic N) is 1. The average Bonchev–Trinajstić information content (AvgIpc) is 2.39. The summed E-state index contributed by atoms with van der Waals surface area (Å²) in [6.45, 7) is 5.46. The largest absolute Gasteiger partial charge is 0.373 e. The Morgan fingerprint density at radius 3 is 2.67 bits per heavy atom. The lowest BCUT2D eigenvalue weighted by Gasteiger charge is -2.43. The molecule has 3 nitrogen and oxygen atoms in total. The van der Waals surface area contributed by atoms with Crippen molar-refractivity contribution in [1.29, 1.82) is 0 Å². The molecule has 1 aliphatic carbocycles. The first-order valence-electron chi connectivity index (χ1n) is 7.05. The van der Waals surface area contributed by atoms with Gasteiger partial charge in [-0.1, -0.05) is 26.2 Å². The van der Waals surface area contributed by atoms with E-state index in [0.29, 0.717) is 24.9 Å². The van der Waals surface area contributed by atoms with Crippen molar-refractivity contribution in [2.75, 3.05) is 19.0 Å². The number of morpholine rings is 1. The van der Waals surface area contributed by atoms with E-state index in [-0.39, 0.29) is 17.6 Å². The Balaban J connectivity index is 2.06. The maximum absolute atomic E-state index is 12.8. The summed E-state index contributed by atoms with van der Waals surface area (Å²) in [5.41, 5.74) is -0.152. The highest BCUT2D eigenvalue weighted by Crippen LogP contribution is 2.38. The van der Waals surface area contributed by atoms with Crippen molar-refractivity contribution in [1.82, 2.24) is 4.90 Å². The number of ether oxygens (including phenoxy) is 1. The molecule has 2 atom stereocenters. The van der Waals surface area contributed by atoms with Gasteiger partial charge in [0, 0.05) is 12.0 Å². The molecule has 2 fully saturated rings. The monoisotopic (exact) mass is 273 g/mol. The van der Waals surface area contributed by atoms with E-state index in [1.807, 2.05) is 4.90 Å². The molecule has 4 heteroatoms. The van der Waals surface area contributed by atoms with Crippen LogP contribution < -0.4 is 0 Å². The van der Waals surface area contributed by atoms with Gasteiger partial charge in [-0.3, -0.25) is 4.79 Å². The number of halogens is 1. The molecule has 0 aromatic heterocycles. The minimum atomic E-state index is -0.152. The van der Waals surface area contributed by atoms with Crippen molar-refractivity contribution in [2.24, 2.45) is 5.41 Å². The van der Waals surface area contributed by atoms with Crippen molar-refractivity contribution >= 4 is 17.5 Å². The van der Waals surface area contributed by atoms with E-state index in [0.717, 1.165) is 12.8 Å². The van der Waals surface area contributed by atoms with Crippen molar-refractivity contribution in [3.63, 3.8) is 0 Å². The quantitative estimate of drug-likeness (QED) is 0.724. The molecule has 18 heavy (non-hydrogen) atoms. The maximum Gasteiger partial charge on any atom is 0.228 e. The number of hydrogen-bond acceptors (Lipinski definition) is 2. The number of rotatable bonds is 2. The van der Waals surface area contributed by atoms with E-state index in [1.54, 1.807) is 0 Å². The van der Waals surface area contributed by atoms with Gasteiger partial charge in [0.15, 0.2) is 0 Å². The van der Waals surface area contributed by atoms with E-state index in [1.165, 1.54) is 19.3 Å². The van der Waals surface area contributed by atoms with Gasteiger partial charge in [0.05, 0.1) is 24.6 Å². The zero-order valence-corrected chi connectivity index (χ0v) is 12.2. The lowest BCUT2D eigenvalue weighted by Crippen LogP contribution is -2.55. The molecule has 0 radical (unpaired) electrons. The van der Waals surface area contributed by atoms with Gasteiger partial charge in [0.1, 0.15) is 0 Å². The molecular formula is C14H24ClNO2. The van der Waals surface area contributed by atoms with Gasteiger partial charge in [-0.25, -0.2) is 0 Å². The number of amides is 1. The first kappa shape index (κ1) is 14.1. The number of hydrogen-bond donors (Lipinski definition) is 0. The average molecular weight is 274 g/mol. The van der Waals surface area contributed by atoms with Crippen LogP contribution in [0.1, 0.15) is 46.0 Å². The van der Waals surface area contributed by atoms with Crippen molar-refractivity contribution < 1.29 is 9.53 Å². The summed E-state index contributed by atoms with van der Waals surface area (Å²) in [5, 5.41) is 0. The first-order chi connectivity index (χ1) is 8.57. The Hall–Kier alpha value is -0.280. The van der Waals surface area contributed by atoms with Crippen LogP contribution in [-0.2, 0) is 9.53 Å². The molecule has 2 unspecified atom stereocenters. The summed E-state index contributed by atoms with van der Waals surface area (Å²) >= 11 is 5.86. The lowest BCUT2D eigenvalue weighted by atomic mass is 9.74. The van der Waals surface area contributed by atoms with E-state index >= 15 is 0 Å². The van der Waals surface area contributed by atoms with Crippen LogP contribution in [0, 0.1) is 5.41 Å². The predicted molar refractivity (Wildman–Crippen MR) is 72.8 cm³/mol. The molecule has 0 bridgehead atoms. The zero-order valence-electron chi connectivity index (χ0n) is 11.5. The van der Waals surface area contributed by atoms with Crippen molar-refractivity contribution in [2.45, 2.75) is 58.1 Å². The summed E-state index contributed by atoms with van der Waals surface area (Å²) in [5.74, 6) is 0.779. The molecule has 1 saturated heterocycles. The highest BCUT2D eigenvalue weighted by molar-refractivity contribution is 6.18. The summed E-state index contributed by atoms with van der Waals surface area (Å²) in [6, 6.07) is 0.177. The third kappa shape index (κ3) is 2.83. The second kappa shape index (κ2) is 5.79. The second-order valence-corrected chi connectivity index (χ2v) is 6.35. The Morgan fingerprint density at radius 1 is 1.39 bits per heavy atom. The first-order valence-corrected chi connectivity index (χ1v) is 7.59. The van der Waals surface area contributed by atoms with E-state index in [4.69, 9.17) is 16.3 Å². The molecule has 2 aliphatic rings. The molecule has 1 heterocycles.